The number of non-ortho nitro benzene ring substituents is 1. The van der Waals surface area contributed by atoms with Crippen molar-refractivity contribution >= 4 is 17.6 Å². The molecule has 0 spiro atoms. The number of carbonyl (C=O) groups excluding carboxylic acids is 1. The second kappa shape index (κ2) is 8.68. The maximum Gasteiger partial charge on any atom is 0.335 e. The quantitative estimate of drug-likeness (QED) is 0.384. The molecule has 158 valence electrons. The zero-order valence-electron chi connectivity index (χ0n) is 16.8. The van der Waals surface area contributed by atoms with Crippen molar-refractivity contribution in [1.29, 1.82) is 0 Å². The normalized spacial score (nSPS) is 17.5. The van der Waals surface area contributed by atoms with Gasteiger partial charge < -0.3 is 23.7 Å². The highest BCUT2D eigenvalue weighted by atomic mass is 16.6. The van der Waals surface area contributed by atoms with Crippen LogP contribution in [-0.2, 0) is 14.3 Å². The summed E-state index contributed by atoms with van der Waals surface area (Å²) in [6.07, 6.45) is -0.897. The van der Waals surface area contributed by atoms with Crippen molar-refractivity contribution in [2.75, 3.05) is 28.4 Å². The monoisotopic (exact) mass is 416 g/mol. The summed E-state index contributed by atoms with van der Waals surface area (Å²) < 4.78 is 26.8. The third-order valence-electron chi connectivity index (χ3n) is 4.55. The number of carbonyl (C=O) groups is 1. The second-order valence-corrected chi connectivity index (χ2v) is 6.21. The van der Waals surface area contributed by atoms with Gasteiger partial charge in [0, 0.05) is 23.3 Å². The Bertz CT molecular complexity index is 979. The van der Waals surface area contributed by atoms with Gasteiger partial charge in [0.2, 0.25) is 11.6 Å². The number of aliphatic imine (C=N–C) groups is 1. The van der Waals surface area contributed by atoms with Crippen LogP contribution in [0.1, 0.15) is 17.2 Å². The number of nitro groups is 1. The van der Waals surface area contributed by atoms with Crippen molar-refractivity contribution in [3.05, 3.63) is 57.6 Å². The van der Waals surface area contributed by atoms with Gasteiger partial charge in [0.25, 0.3) is 5.69 Å². The van der Waals surface area contributed by atoms with Gasteiger partial charge in [-0.15, -0.1) is 0 Å². The van der Waals surface area contributed by atoms with E-state index in [0.29, 0.717) is 28.4 Å². The first kappa shape index (κ1) is 20.9. The Morgan fingerprint density at radius 3 is 2.27 bits per heavy atom. The molecule has 10 heteroatoms. The lowest BCUT2D eigenvalue weighted by Crippen LogP contribution is -2.25. The van der Waals surface area contributed by atoms with E-state index in [1.54, 1.807) is 18.2 Å². The molecule has 30 heavy (non-hydrogen) atoms. The van der Waals surface area contributed by atoms with Crippen LogP contribution in [0.15, 0.2) is 41.4 Å². The average Bonchev–Trinajstić information content (AvgIpc) is 3.23. The molecular weight excluding hydrogens is 396 g/mol. The van der Waals surface area contributed by atoms with E-state index in [9.17, 15) is 14.9 Å². The summed E-state index contributed by atoms with van der Waals surface area (Å²) >= 11 is 0. The highest BCUT2D eigenvalue weighted by Crippen LogP contribution is 2.40. The number of nitro benzene ring substituents is 1. The van der Waals surface area contributed by atoms with E-state index in [0.717, 1.165) is 0 Å². The van der Waals surface area contributed by atoms with Crippen molar-refractivity contribution < 1.29 is 33.4 Å². The molecule has 0 aromatic heterocycles. The minimum atomic E-state index is -1.04. The fourth-order valence-corrected chi connectivity index (χ4v) is 3.12. The van der Waals surface area contributed by atoms with Gasteiger partial charge in [-0.25, -0.2) is 9.79 Å². The third-order valence-corrected chi connectivity index (χ3v) is 4.55. The number of benzene rings is 2. The van der Waals surface area contributed by atoms with Gasteiger partial charge in [0.05, 0.1) is 33.4 Å². The molecule has 1 aliphatic rings. The van der Waals surface area contributed by atoms with E-state index in [4.69, 9.17) is 23.7 Å². The fraction of sp³-hybridized carbons (Fsp3) is 0.300. The standard InChI is InChI=1S/C20H20N2O8/c1-26-14-9-12(10-15(27-2)18(14)28-3)19-21-16(20(23)29-4)17(30-19)11-6-5-7-13(8-11)22(24)25/h5-10,16-17H,1-4H3/t16-,17+/m1/s1. The summed E-state index contributed by atoms with van der Waals surface area (Å²) in [5.41, 5.74) is 0.776. The molecule has 1 aliphatic heterocycles. The van der Waals surface area contributed by atoms with Crippen LogP contribution in [-0.4, -0.2) is 51.3 Å². The predicted molar refractivity (Wildman–Crippen MR) is 105 cm³/mol. The number of rotatable bonds is 7. The van der Waals surface area contributed by atoms with Gasteiger partial charge in [-0.1, -0.05) is 12.1 Å². The Balaban J connectivity index is 2.04. The Kier molecular flexibility index (Phi) is 6.05. The van der Waals surface area contributed by atoms with Crippen LogP contribution >= 0.6 is 0 Å². The predicted octanol–water partition coefficient (Wildman–Crippen LogP) is 2.68. The lowest BCUT2D eigenvalue weighted by atomic mass is 10.0. The van der Waals surface area contributed by atoms with Gasteiger partial charge in [0.1, 0.15) is 0 Å². The van der Waals surface area contributed by atoms with Gasteiger partial charge in [-0.3, -0.25) is 10.1 Å². The molecule has 0 unspecified atom stereocenters. The molecule has 0 aliphatic carbocycles. The summed E-state index contributed by atoms with van der Waals surface area (Å²) in [5, 5.41) is 11.1. The fourth-order valence-electron chi connectivity index (χ4n) is 3.12. The first-order valence-electron chi connectivity index (χ1n) is 8.80. The van der Waals surface area contributed by atoms with Crippen LogP contribution < -0.4 is 14.2 Å². The zero-order valence-corrected chi connectivity index (χ0v) is 16.8. The molecule has 0 radical (unpaired) electrons. The van der Waals surface area contributed by atoms with Gasteiger partial charge in [0.15, 0.2) is 23.6 Å². The maximum absolute atomic E-state index is 12.3. The third kappa shape index (κ3) is 3.84. The van der Waals surface area contributed by atoms with E-state index < -0.39 is 23.0 Å². The second-order valence-electron chi connectivity index (χ2n) is 6.21. The summed E-state index contributed by atoms with van der Waals surface area (Å²) in [6, 6.07) is 8.06. The molecule has 2 atom stereocenters. The summed E-state index contributed by atoms with van der Waals surface area (Å²) in [7, 11) is 5.66. The highest BCUT2D eigenvalue weighted by Gasteiger charge is 2.40. The Labute approximate surface area is 172 Å². The van der Waals surface area contributed by atoms with E-state index in [2.05, 4.69) is 4.99 Å². The number of ether oxygens (including phenoxy) is 5. The van der Waals surface area contributed by atoms with Crippen LogP contribution in [0.3, 0.4) is 0 Å². The molecule has 0 amide bonds. The van der Waals surface area contributed by atoms with E-state index in [-0.39, 0.29) is 11.6 Å². The zero-order chi connectivity index (χ0) is 21.8. The van der Waals surface area contributed by atoms with Gasteiger partial charge >= 0.3 is 5.97 Å². The van der Waals surface area contributed by atoms with Crippen molar-refractivity contribution in [2.45, 2.75) is 12.1 Å². The molecule has 2 aromatic rings. The van der Waals surface area contributed by atoms with E-state index in [1.807, 2.05) is 0 Å². The molecule has 0 saturated heterocycles. The number of hydrogen-bond donors (Lipinski definition) is 0. The van der Waals surface area contributed by atoms with Crippen LogP contribution in [0.5, 0.6) is 17.2 Å². The topological polar surface area (TPSA) is 119 Å². The molecular formula is C20H20N2O8. The first-order chi connectivity index (χ1) is 14.4. The SMILES string of the molecule is COC(=O)[C@@H]1N=C(c2cc(OC)c(OC)c(OC)c2)O[C@H]1c1cccc([N+](=O)[O-])c1. The van der Waals surface area contributed by atoms with Crippen molar-refractivity contribution in [2.24, 2.45) is 4.99 Å². The first-order valence-corrected chi connectivity index (χ1v) is 8.80. The minimum Gasteiger partial charge on any atom is -0.493 e. The minimum absolute atomic E-state index is 0.124. The van der Waals surface area contributed by atoms with Crippen LogP contribution in [0, 0.1) is 10.1 Å². The number of hydrogen-bond acceptors (Lipinski definition) is 9. The Morgan fingerprint density at radius 2 is 1.73 bits per heavy atom. The van der Waals surface area contributed by atoms with E-state index >= 15 is 0 Å². The summed E-state index contributed by atoms with van der Waals surface area (Å²) in [6.45, 7) is 0. The summed E-state index contributed by atoms with van der Waals surface area (Å²) in [4.78, 5) is 27.3. The van der Waals surface area contributed by atoms with Crippen LogP contribution in [0.25, 0.3) is 0 Å². The van der Waals surface area contributed by atoms with E-state index in [1.165, 1.54) is 46.6 Å². The molecule has 0 bridgehead atoms. The smallest absolute Gasteiger partial charge is 0.335 e. The lowest BCUT2D eigenvalue weighted by molar-refractivity contribution is -0.385. The number of methoxy groups -OCH3 is 4. The molecule has 0 fully saturated rings. The molecule has 0 N–H and O–H groups in total. The average molecular weight is 416 g/mol. The highest BCUT2D eigenvalue weighted by molar-refractivity contribution is 5.99. The van der Waals surface area contributed by atoms with Crippen molar-refractivity contribution in [1.82, 2.24) is 0 Å². The van der Waals surface area contributed by atoms with Gasteiger partial charge in [-0.05, 0) is 12.1 Å². The number of esters is 1. The molecule has 3 rings (SSSR count). The Hall–Kier alpha value is -3.82. The maximum atomic E-state index is 12.3. The lowest BCUT2D eigenvalue weighted by Gasteiger charge is -2.17. The Morgan fingerprint density at radius 1 is 1.07 bits per heavy atom. The summed E-state index contributed by atoms with van der Waals surface area (Å²) in [5.74, 6) is 0.662. The molecule has 10 nitrogen and oxygen atoms in total. The van der Waals surface area contributed by atoms with Gasteiger partial charge in [-0.2, -0.15) is 0 Å². The largest absolute Gasteiger partial charge is 0.493 e. The molecule has 2 aromatic carbocycles. The van der Waals surface area contributed by atoms with Crippen molar-refractivity contribution in [3.8, 4) is 17.2 Å². The van der Waals surface area contributed by atoms with Crippen LogP contribution in [0.2, 0.25) is 0 Å². The molecule has 0 saturated carbocycles. The van der Waals surface area contributed by atoms with Crippen LogP contribution in [0.4, 0.5) is 5.69 Å². The van der Waals surface area contributed by atoms with Crippen molar-refractivity contribution in [3.63, 3.8) is 0 Å². The molecule has 1 heterocycles. The number of nitrogens with zero attached hydrogens (tertiary/aromatic N) is 2.